The Morgan fingerprint density at radius 2 is 2.18 bits per heavy atom. The number of aliphatic carboxylic acids is 1. The number of hydrogen-bond acceptors (Lipinski definition) is 4. The number of hydrogen-bond donors (Lipinski definition) is 2. The molecule has 3 N–H and O–H groups in total. The van der Waals surface area contributed by atoms with Gasteiger partial charge in [-0.2, -0.15) is 0 Å². The number of carboxylic acid groups (broad SMARTS) is 1. The van der Waals surface area contributed by atoms with Gasteiger partial charge in [-0.15, -0.1) is 0 Å². The van der Waals surface area contributed by atoms with Gasteiger partial charge in [0, 0.05) is 26.8 Å². The lowest BCUT2D eigenvalue weighted by atomic mass is 9.99. The average molecular weight is 244 g/mol. The highest BCUT2D eigenvalue weighted by molar-refractivity contribution is 5.83. The van der Waals surface area contributed by atoms with Gasteiger partial charge in [-0.05, 0) is 12.3 Å². The summed E-state index contributed by atoms with van der Waals surface area (Å²) in [5.74, 6) is -1.53. The number of carbonyl (C=O) groups is 2. The zero-order chi connectivity index (χ0) is 13.0. The van der Waals surface area contributed by atoms with Gasteiger partial charge in [-0.1, -0.05) is 6.92 Å². The van der Waals surface area contributed by atoms with Gasteiger partial charge in [0.25, 0.3) is 0 Å². The molecule has 0 bridgehead atoms. The van der Waals surface area contributed by atoms with Crippen LogP contribution in [-0.2, 0) is 14.3 Å². The van der Waals surface area contributed by atoms with Gasteiger partial charge in [-0.25, -0.2) is 0 Å². The van der Waals surface area contributed by atoms with Crippen molar-refractivity contribution >= 4 is 11.9 Å². The predicted molar refractivity (Wildman–Crippen MR) is 61.3 cm³/mol. The molecule has 17 heavy (non-hydrogen) atoms. The molecule has 0 aromatic carbocycles. The highest BCUT2D eigenvalue weighted by Crippen LogP contribution is 2.23. The third-order valence-corrected chi connectivity index (χ3v) is 3.19. The van der Waals surface area contributed by atoms with Crippen LogP contribution in [0.15, 0.2) is 0 Å². The van der Waals surface area contributed by atoms with Crippen LogP contribution in [0.4, 0.5) is 0 Å². The predicted octanol–water partition coefficient (Wildman–Crippen LogP) is -0.471. The molecule has 0 saturated carbocycles. The molecule has 0 radical (unpaired) electrons. The summed E-state index contributed by atoms with van der Waals surface area (Å²) in [7, 11) is 1.55. The van der Waals surface area contributed by atoms with E-state index in [1.54, 1.807) is 12.0 Å². The second-order valence-electron chi connectivity index (χ2n) is 4.55. The van der Waals surface area contributed by atoms with E-state index in [0.29, 0.717) is 19.6 Å². The molecule has 1 heterocycles. The van der Waals surface area contributed by atoms with Crippen molar-refractivity contribution in [2.24, 2.45) is 17.6 Å². The van der Waals surface area contributed by atoms with E-state index in [1.165, 1.54) is 0 Å². The smallest absolute Gasteiger partial charge is 0.308 e. The Labute approximate surface area is 101 Å². The lowest BCUT2D eigenvalue weighted by molar-refractivity contribution is -0.142. The fourth-order valence-electron chi connectivity index (χ4n) is 2.07. The first-order valence-corrected chi connectivity index (χ1v) is 5.73. The first kappa shape index (κ1) is 13.9. The van der Waals surface area contributed by atoms with Crippen LogP contribution < -0.4 is 5.73 Å². The SMILES string of the molecule is COCCC(N)C(=O)N1C[C@@H](C)[C@H](C(=O)O)C1. The Kier molecular flexibility index (Phi) is 4.89. The van der Waals surface area contributed by atoms with E-state index < -0.39 is 17.9 Å². The summed E-state index contributed by atoms with van der Waals surface area (Å²) in [6.07, 6.45) is 0.456. The molecule has 6 nitrogen and oxygen atoms in total. The molecule has 0 aromatic heterocycles. The van der Waals surface area contributed by atoms with Crippen LogP contribution in [0.2, 0.25) is 0 Å². The maximum Gasteiger partial charge on any atom is 0.308 e. The quantitative estimate of drug-likeness (QED) is 0.682. The van der Waals surface area contributed by atoms with Gasteiger partial charge < -0.3 is 20.5 Å². The monoisotopic (exact) mass is 244 g/mol. The van der Waals surface area contributed by atoms with Crippen molar-refractivity contribution in [3.8, 4) is 0 Å². The van der Waals surface area contributed by atoms with Crippen molar-refractivity contribution in [1.82, 2.24) is 4.90 Å². The molecular formula is C11H20N2O4. The number of methoxy groups -OCH3 is 1. The highest BCUT2D eigenvalue weighted by Gasteiger charge is 2.38. The summed E-state index contributed by atoms with van der Waals surface area (Å²) in [6, 6.07) is -0.602. The maximum absolute atomic E-state index is 11.9. The molecule has 1 fully saturated rings. The number of rotatable bonds is 5. The lowest BCUT2D eigenvalue weighted by Gasteiger charge is -2.20. The molecule has 1 aliphatic rings. The van der Waals surface area contributed by atoms with Gasteiger partial charge in [0.15, 0.2) is 0 Å². The Morgan fingerprint density at radius 3 is 2.65 bits per heavy atom. The Balaban J connectivity index is 2.52. The molecule has 1 saturated heterocycles. The highest BCUT2D eigenvalue weighted by atomic mass is 16.5. The third-order valence-electron chi connectivity index (χ3n) is 3.19. The molecule has 0 aliphatic carbocycles. The first-order chi connectivity index (χ1) is 7.97. The fraction of sp³-hybridized carbons (Fsp3) is 0.818. The Hall–Kier alpha value is -1.14. The number of carboxylic acids is 1. The van der Waals surface area contributed by atoms with Crippen molar-refractivity contribution < 1.29 is 19.4 Å². The summed E-state index contributed by atoms with van der Waals surface area (Å²) in [4.78, 5) is 24.4. The number of amides is 1. The van der Waals surface area contributed by atoms with Crippen molar-refractivity contribution in [3.63, 3.8) is 0 Å². The van der Waals surface area contributed by atoms with Crippen molar-refractivity contribution in [3.05, 3.63) is 0 Å². The molecule has 98 valence electrons. The van der Waals surface area contributed by atoms with Crippen molar-refractivity contribution in [2.45, 2.75) is 19.4 Å². The molecule has 0 spiro atoms. The van der Waals surface area contributed by atoms with E-state index in [0.717, 1.165) is 0 Å². The van der Waals surface area contributed by atoms with E-state index in [4.69, 9.17) is 15.6 Å². The van der Waals surface area contributed by atoms with Gasteiger partial charge in [0.05, 0.1) is 12.0 Å². The second-order valence-corrected chi connectivity index (χ2v) is 4.55. The fourth-order valence-corrected chi connectivity index (χ4v) is 2.07. The number of nitrogens with zero attached hydrogens (tertiary/aromatic N) is 1. The molecule has 1 rings (SSSR count). The number of carbonyl (C=O) groups excluding carboxylic acids is 1. The van der Waals surface area contributed by atoms with Gasteiger partial charge in [-0.3, -0.25) is 9.59 Å². The van der Waals surface area contributed by atoms with Crippen LogP contribution >= 0.6 is 0 Å². The Bertz CT molecular complexity index is 295. The largest absolute Gasteiger partial charge is 0.481 e. The van der Waals surface area contributed by atoms with Crippen molar-refractivity contribution in [2.75, 3.05) is 26.8 Å². The molecule has 1 aliphatic heterocycles. The molecular weight excluding hydrogens is 224 g/mol. The third kappa shape index (κ3) is 3.41. The molecule has 3 atom stereocenters. The van der Waals surface area contributed by atoms with Crippen LogP contribution in [0.3, 0.4) is 0 Å². The maximum atomic E-state index is 11.9. The van der Waals surface area contributed by atoms with E-state index >= 15 is 0 Å². The van der Waals surface area contributed by atoms with E-state index in [-0.39, 0.29) is 18.4 Å². The molecule has 6 heteroatoms. The second kappa shape index (κ2) is 5.97. The minimum atomic E-state index is -0.849. The molecule has 0 aromatic rings. The number of likely N-dealkylation sites (tertiary alicyclic amines) is 1. The summed E-state index contributed by atoms with van der Waals surface area (Å²) in [6.45, 7) is 3.00. The van der Waals surface area contributed by atoms with Crippen LogP contribution in [0.1, 0.15) is 13.3 Å². The van der Waals surface area contributed by atoms with Crippen LogP contribution in [0.25, 0.3) is 0 Å². The standard InChI is InChI=1S/C11H20N2O4/c1-7-5-13(6-8(7)11(15)16)10(14)9(12)3-4-17-2/h7-9H,3-6,12H2,1-2H3,(H,15,16)/t7-,8-,9?/m1/s1. The summed E-state index contributed by atoms with van der Waals surface area (Å²) < 4.78 is 4.86. The van der Waals surface area contributed by atoms with E-state index in [9.17, 15) is 9.59 Å². The normalized spacial score (nSPS) is 25.9. The molecule has 1 unspecified atom stereocenters. The summed E-state index contributed by atoms with van der Waals surface area (Å²) in [5.41, 5.74) is 5.73. The van der Waals surface area contributed by atoms with Crippen LogP contribution in [-0.4, -0.2) is 54.7 Å². The van der Waals surface area contributed by atoms with Gasteiger partial charge in [0.2, 0.25) is 5.91 Å². The molecule has 1 amide bonds. The van der Waals surface area contributed by atoms with Gasteiger partial charge >= 0.3 is 5.97 Å². The van der Waals surface area contributed by atoms with Crippen LogP contribution in [0, 0.1) is 11.8 Å². The zero-order valence-corrected chi connectivity index (χ0v) is 10.3. The van der Waals surface area contributed by atoms with Gasteiger partial charge in [0.1, 0.15) is 0 Å². The van der Waals surface area contributed by atoms with E-state index in [2.05, 4.69) is 0 Å². The first-order valence-electron chi connectivity index (χ1n) is 5.73. The number of ether oxygens (including phenoxy) is 1. The minimum Gasteiger partial charge on any atom is -0.481 e. The van der Waals surface area contributed by atoms with Crippen LogP contribution in [0.5, 0.6) is 0 Å². The average Bonchev–Trinajstić information content (AvgIpc) is 2.67. The zero-order valence-electron chi connectivity index (χ0n) is 10.3. The summed E-state index contributed by atoms with van der Waals surface area (Å²) >= 11 is 0. The summed E-state index contributed by atoms with van der Waals surface area (Å²) in [5, 5.41) is 8.97. The lowest BCUT2D eigenvalue weighted by Crippen LogP contribution is -2.43. The topological polar surface area (TPSA) is 92.9 Å². The van der Waals surface area contributed by atoms with E-state index in [1.807, 2.05) is 6.92 Å². The minimum absolute atomic E-state index is 0.0222. The Morgan fingerprint density at radius 1 is 1.53 bits per heavy atom. The van der Waals surface area contributed by atoms with Crippen molar-refractivity contribution in [1.29, 1.82) is 0 Å². The number of nitrogens with two attached hydrogens (primary N) is 1.